The van der Waals surface area contributed by atoms with Crippen molar-refractivity contribution >= 4 is 23.4 Å². The highest BCUT2D eigenvalue weighted by atomic mass is 32.2. The normalized spacial score (nSPS) is 10.3. The zero-order valence-corrected chi connectivity index (χ0v) is 11.8. The highest BCUT2D eigenvalue weighted by Crippen LogP contribution is 2.26. The third-order valence-electron chi connectivity index (χ3n) is 2.57. The van der Waals surface area contributed by atoms with E-state index < -0.39 is 0 Å². The number of para-hydroxylation sites is 1. The van der Waals surface area contributed by atoms with Crippen molar-refractivity contribution < 1.29 is 4.79 Å². The molecule has 100 valence electrons. The molecule has 0 heterocycles. The van der Waals surface area contributed by atoms with Gasteiger partial charge in [-0.05, 0) is 37.3 Å². The van der Waals surface area contributed by atoms with Crippen LogP contribution in [0.3, 0.4) is 0 Å². The van der Waals surface area contributed by atoms with Gasteiger partial charge in [0.1, 0.15) is 0 Å². The summed E-state index contributed by atoms with van der Waals surface area (Å²) < 4.78 is 0. The second-order valence-electron chi connectivity index (χ2n) is 4.08. The predicted octanol–water partition coefficient (Wildman–Crippen LogP) is 3.26. The van der Waals surface area contributed by atoms with Crippen LogP contribution in [0.2, 0.25) is 0 Å². The zero-order chi connectivity index (χ0) is 13.2. The van der Waals surface area contributed by atoms with E-state index in [1.807, 2.05) is 24.3 Å². The molecule has 1 amide bonds. The molecule has 0 aliphatic heterocycles. The van der Waals surface area contributed by atoms with Gasteiger partial charge in [0.2, 0.25) is 5.91 Å². The molecule has 0 saturated heterocycles. The van der Waals surface area contributed by atoms with E-state index in [0.29, 0.717) is 13.0 Å². The van der Waals surface area contributed by atoms with Gasteiger partial charge in [-0.2, -0.15) is 0 Å². The van der Waals surface area contributed by atoms with Crippen LogP contribution in [-0.4, -0.2) is 18.2 Å². The van der Waals surface area contributed by atoms with E-state index in [-0.39, 0.29) is 5.91 Å². The van der Waals surface area contributed by atoms with Crippen LogP contribution in [0.25, 0.3) is 0 Å². The van der Waals surface area contributed by atoms with Gasteiger partial charge in [-0.15, -0.1) is 11.8 Å². The lowest BCUT2D eigenvalue weighted by Crippen LogP contribution is -2.12. The van der Waals surface area contributed by atoms with Crippen molar-refractivity contribution in [3.63, 3.8) is 0 Å². The van der Waals surface area contributed by atoms with Crippen molar-refractivity contribution in [3.05, 3.63) is 24.3 Å². The Morgan fingerprint density at radius 1 is 1.28 bits per heavy atom. The lowest BCUT2D eigenvalue weighted by Gasteiger charge is -2.09. The summed E-state index contributed by atoms with van der Waals surface area (Å²) in [5.41, 5.74) is 6.34. The smallest absolute Gasteiger partial charge is 0.224 e. The molecule has 3 nitrogen and oxygen atoms in total. The fourth-order valence-corrected chi connectivity index (χ4v) is 2.43. The van der Waals surface area contributed by atoms with Crippen LogP contribution < -0.4 is 11.1 Å². The van der Waals surface area contributed by atoms with Gasteiger partial charge in [0.15, 0.2) is 0 Å². The first-order valence-corrected chi connectivity index (χ1v) is 7.48. The highest BCUT2D eigenvalue weighted by Gasteiger charge is 2.06. The Labute approximate surface area is 114 Å². The summed E-state index contributed by atoms with van der Waals surface area (Å²) in [6, 6.07) is 7.94. The van der Waals surface area contributed by atoms with Gasteiger partial charge in [0.05, 0.1) is 5.69 Å². The van der Waals surface area contributed by atoms with Gasteiger partial charge in [0.25, 0.3) is 0 Å². The highest BCUT2D eigenvalue weighted by molar-refractivity contribution is 7.99. The Hall–Kier alpha value is -1.00. The molecule has 0 aromatic heterocycles. The van der Waals surface area contributed by atoms with E-state index in [1.54, 1.807) is 11.8 Å². The van der Waals surface area contributed by atoms with Crippen molar-refractivity contribution in [2.24, 2.45) is 5.73 Å². The first-order valence-electron chi connectivity index (χ1n) is 6.49. The van der Waals surface area contributed by atoms with Crippen LogP contribution >= 0.6 is 11.8 Å². The molecule has 3 N–H and O–H groups in total. The number of rotatable bonds is 8. The number of nitrogens with two attached hydrogens (primary N) is 1. The largest absolute Gasteiger partial charge is 0.330 e. The molecule has 18 heavy (non-hydrogen) atoms. The van der Waals surface area contributed by atoms with Gasteiger partial charge in [-0.1, -0.05) is 25.5 Å². The minimum Gasteiger partial charge on any atom is -0.330 e. The maximum absolute atomic E-state index is 11.8. The number of hydrogen-bond donors (Lipinski definition) is 2. The summed E-state index contributed by atoms with van der Waals surface area (Å²) in [6.07, 6.45) is 3.50. The Morgan fingerprint density at radius 3 is 2.78 bits per heavy atom. The average molecular weight is 266 g/mol. The van der Waals surface area contributed by atoms with E-state index >= 15 is 0 Å². The van der Waals surface area contributed by atoms with E-state index in [9.17, 15) is 4.79 Å². The number of nitrogens with one attached hydrogen (secondary N) is 1. The number of carbonyl (C=O) groups is 1. The van der Waals surface area contributed by atoms with Crippen LogP contribution in [-0.2, 0) is 4.79 Å². The fraction of sp³-hybridized carbons (Fsp3) is 0.500. The molecule has 0 fully saturated rings. The fourth-order valence-electron chi connectivity index (χ4n) is 1.67. The second-order valence-corrected chi connectivity index (χ2v) is 5.38. The third-order valence-corrected chi connectivity index (χ3v) is 3.52. The van der Waals surface area contributed by atoms with Gasteiger partial charge < -0.3 is 11.1 Å². The summed E-state index contributed by atoms with van der Waals surface area (Å²) in [4.78, 5) is 12.9. The molecule has 1 rings (SSSR count). The number of unbranched alkanes of at least 4 members (excludes halogenated alkanes) is 2. The monoisotopic (exact) mass is 266 g/mol. The Balaban J connectivity index is 2.43. The van der Waals surface area contributed by atoms with Crippen LogP contribution in [0.15, 0.2) is 29.2 Å². The lowest BCUT2D eigenvalue weighted by molar-refractivity contribution is -0.116. The molecular weight excluding hydrogens is 244 g/mol. The standard InChI is InChI=1S/C14H22N2OS/c1-2-18-13-9-6-5-8-12(13)16-14(17)10-4-3-7-11-15/h5-6,8-9H,2-4,7,10-11,15H2,1H3,(H,16,17). The van der Waals surface area contributed by atoms with E-state index in [2.05, 4.69) is 12.2 Å². The minimum atomic E-state index is 0.0937. The van der Waals surface area contributed by atoms with Gasteiger partial charge in [-0.25, -0.2) is 0 Å². The molecule has 0 aliphatic carbocycles. The quantitative estimate of drug-likeness (QED) is 0.561. The molecule has 0 aliphatic rings. The van der Waals surface area contributed by atoms with Crippen molar-refractivity contribution in [2.45, 2.75) is 37.5 Å². The first kappa shape index (κ1) is 15.1. The summed E-state index contributed by atoms with van der Waals surface area (Å²) in [5.74, 6) is 1.10. The van der Waals surface area contributed by atoms with Crippen LogP contribution in [0, 0.1) is 0 Å². The van der Waals surface area contributed by atoms with Crippen LogP contribution in [0.5, 0.6) is 0 Å². The molecule has 0 atom stereocenters. The van der Waals surface area contributed by atoms with Gasteiger partial charge in [0, 0.05) is 11.3 Å². The molecular formula is C14H22N2OS. The molecule has 0 radical (unpaired) electrons. The molecule has 1 aromatic carbocycles. The number of thioether (sulfide) groups is 1. The predicted molar refractivity (Wildman–Crippen MR) is 79.0 cm³/mol. The molecule has 1 aromatic rings. The van der Waals surface area contributed by atoms with Gasteiger partial charge in [-0.3, -0.25) is 4.79 Å². The maximum atomic E-state index is 11.8. The Bertz CT molecular complexity index is 369. The first-order chi connectivity index (χ1) is 8.77. The zero-order valence-electron chi connectivity index (χ0n) is 10.9. The summed E-state index contributed by atoms with van der Waals surface area (Å²) >= 11 is 1.74. The van der Waals surface area contributed by atoms with Crippen LogP contribution in [0.4, 0.5) is 5.69 Å². The van der Waals surface area contributed by atoms with Gasteiger partial charge >= 0.3 is 0 Å². The summed E-state index contributed by atoms with van der Waals surface area (Å²) in [7, 11) is 0. The third kappa shape index (κ3) is 5.56. The molecule has 0 bridgehead atoms. The Morgan fingerprint density at radius 2 is 2.06 bits per heavy atom. The molecule has 0 saturated carbocycles. The van der Waals surface area contributed by atoms with E-state index in [0.717, 1.165) is 35.6 Å². The lowest BCUT2D eigenvalue weighted by atomic mass is 10.2. The minimum absolute atomic E-state index is 0.0937. The Kier molecular flexibility index (Phi) is 7.53. The SMILES string of the molecule is CCSc1ccccc1NC(=O)CCCCCN. The van der Waals surface area contributed by atoms with Crippen LogP contribution in [0.1, 0.15) is 32.6 Å². The molecule has 0 spiro atoms. The van der Waals surface area contributed by atoms with Crippen molar-refractivity contribution in [1.82, 2.24) is 0 Å². The molecule has 4 heteroatoms. The number of benzene rings is 1. The number of anilines is 1. The molecule has 0 unspecified atom stereocenters. The topological polar surface area (TPSA) is 55.1 Å². The number of carbonyl (C=O) groups excluding carboxylic acids is 1. The van der Waals surface area contributed by atoms with Crippen molar-refractivity contribution in [3.8, 4) is 0 Å². The summed E-state index contributed by atoms with van der Waals surface area (Å²) in [6.45, 7) is 2.81. The van der Waals surface area contributed by atoms with Crippen molar-refractivity contribution in [2.75, 3.05) is 17.6 Å². The second kappa shape index (κ2) is 9.00. The average Bonchev–Trinajstić information content (AvgIpc) is 2.37. The maximum Gasteiger partial charge on any atom is 0.224 e. The van der Waals surface area contributed by atoms with E-state index in [1.165, 1.54) is 0 Å². The number of hydrogen-bond acceptors (Lipinski definition) is 3. The van der Waals surface area contributed by atoms with E-state index in [4.69, 9.17) is 5.73 Å². The number of amides is 1. The van der Waals surface area contributed by atoms with Crippen molar-refractivity contribution in [1.29, 1.82) is 0 Å². The summed E-state index contributed by atoms with van der Waals surface area (Å²) in [5, 5.41) is 2.98.